The van der Waals surface area contributed by atoms with Gasteiger partial charge in [-0.1, -0.05) is 152 Å². The molecule has 14 rings (SSSR count). The Hall–Kier alpha value is -8.64. The molecule has 0 unspecified atom stereocenters. The number of thiophene rings is 1. The average molecular weight is 875 g/mol. The third-order valence-electron chi connectivity index (χ3n) is 13.4. The Labute approximate surface area is 389 Å². The van der Waals surface area contributed by atoms with Gasteiger partial charge in [-0.3, -0.25) is 0 Å². The van der Waals surface area contributed by atoms with E-state index in [1.807, 2.05) is 29.5 Å². The molecule has 0 fully saturated rings. The van der Waals surface area contributed by atoms with Gasteiger partial charge in [0, 0.05) is 75.4 Å². The summed E-state index contributed by atoms with van der Waals surface area (Å²) in [5.74, 6) is 0. The molecule has 0 amide bonds. The molecule has 0 aliphatic rings. The lowest BCUT2D eigenvalue weighted by molar-refractivity contribution is 0.668. The highest BCUT2D eigenvalue weighted by molar-refractivity contribution is 7.27. The lowest BCUT2D eigenvalue weighted by atomic mass is 9.96. The number of nitrogens with zero attached hydrogens (tertiary/aromatic N) is 2. The fourth-order valence-electron chi connectivity index (χ4n) is 10.4. The van der Waals surface area contributed by atoms with E-state index in [-0.39, 0.29) is 0 Å². The molecule has 0 saturated carbocycles. The molecule has 5 heteroatoms. The summed E-state index contributed by atoms with van der Waals surface area (Å²) in [5.41, 5.74) is 12.2. The minimum atomic E-state index is 0.871. The van der Waals surface area contributed by atoms with Gasteiger partial charge in [-0.05, 0) is 101 Å². The molecule has 0 aliphatic carbocycles. The van der Waals surface area contributed by atoms with Crippen LogP contribution in [0.1, 0.15) is 0 Å². The van der Waals surface area contributed by atoms with Gasteiger partial charge in [-0.2, -0.15) is 0 Å². The van der Waals surface area contributed by atoms with Crippen molar-refractivity contribution in [1.29, 1.82) is 0 Å². The van der Waals surface area contributed by atoms with Crippen LogP contribution in [0.2, 0.25) is 0 Å². The number of para-hydroxylation sites is 5. The number of furan rings is 2. The van der Waals surface area contributed by atoms with Crippen molar-refractivity contribution in [1.82, 2.24) is 0 Å². The van der Waals surface area contributed by atoms with Crippen LogP contribution < -0.4 is 9.80 Å². The van der Waals surface area contributed by atoms with Gasteiger partial charge in [-0.15, -0.1) is 11.3 Å². The van der Waals surface area contributed by atoms with Crippen LogP contribution in [0.4, 0.5) is 34.1 Å². The standard InChI is InChI=1S/C62H38N2O2S/c1-3-16-39(17-4-1)44-20-9-12-26-54(44)64(42-32-35-58-53(37-42)47-23-11-13-28-56(47)65-58)41-30-33-50-52(36-41)45-21-7-8-24-48(45)60-51-34-31-43(38-59(51)67-62(50)60)63(40-18-5-2-6-19-40)55-27-15-25-49-46-22-10-14-29-57(46)66-61(49)55/h1-38H. The van der Waals surface area contributed by atoms with E-state index in [0.29, 0.717) is 0 Å². The predicted octanol–water partition coefficient (Wildman–Crippen LogP) is 18.8. The zero-order chi connectivity index (χ0) is 44.0. The Bertz CT molecular complexity index is 4240. The highest BCUT2D eigenvalue weighted by Gasteiger charge is 2.23. The molecule has 14 aromatic rings. The highest BCUT2D eigenvalue weighted by atomic mass is 32.1. The maximum atomic E-state index is 6.64. The summed E-state index contributed by atoms with van der Waals surface area (Å²) in [7, 11) is 0. The van der Waals surface area contributed by atoms with Crippen molar-refractivity contribution in [3.8, 4) is 11.1 Å². The largest absolute Gasteiger partial charge is 0.456 e. The van der Waals surface area contributed by atoms with Crippen LogP contribution in [0.5, 0.6) is 0 Å². The molecule has 0 bridgehead atoms. The summed E-state index contributed by atoms with van der Waals surface area (Å²) in [5, 5.41) is 11.9. The van der Waals surface area contributed by atoms with Gasteiger partial charge >= 0.3 is 0 Å². The normalized spacial score (nSPS) is 11.9. The number of fused-ring (bicyclic) bond motifs is 14. The van der Waals surface area contributed by atoms with Gasteiger partial charge in [0.15, 0.2) is 5.58 Å². The van der Waals surface area contributed by atoms with Crippen molar-refractivity contribution >= 4 is 131 Å². The zero-order valence-corrected chi connectivity index (χ0v) is 36.9. The SMILES string of the molecule is c1ccc(-c2ccccc2N(c2ccc3oc4ccccc4c3c2)c2ccc3c(c2)c2ccccc2c2c4ccc(N(c5ccccc5)c5cccc6c5oc5ccccc56)cc4sc32)cc1. The minimum absolute atomic E-state index is 0.871. The fraction of sp³-hybridized carbons (Fsp3) is 0. The molecule has 3 heterocycles. The van der Waals surface area contributed by atoms with Crippen molar-refractivity contribution in [3.63, 3.8) is 0 Å². The molecule has 3 aromatic heterocycles. The van der Waals surface area contributed by atoms with E-state index >= 15 is 0 Å². The lowest BCUT2D eigenvalue weighted by Gasteiger charge is -2.28. The number of rotatable bonds is 7. The van der Waals surface area contributed by atoms with Crippen molar-refractivity contribution in [2.24, 2.45) is 0 Å². The fourth-order valence-corrected chi connectivity index (χ4v) is 11.7. The molecule has 0 saturated heterocycles. The first kappa shape index (κ1) is 37.7. The Morgan fingerprint density at radius 3 is 1.67 bits per heavy atom. The summed E-state index contributed by atoms with van der Waals surface area (Å²) in [6, 6.07) is 82.6. The maximum absolute atomic E-state index is 6.64. The second kappa shape index (κ2) is 15.0. The summed E-state index contributed by atoms with van der Waals surface area (Å²) in [4.78, 5) is 4.75. The van der Waals surface area contributed by atoms with Crippen molar-refractivity contribution < 1.29 is 8.83 Å². The Morgan fingerprint density at radius 2 is 0.866 bits per heavy atom. The summed E-state index contributed by atoms with van der Waals surface area (Å²) in [6.45, 7) is 0. The quantitative estimate of drug-likeness (QED) is 0.149. The predicted molar refractivity (Wildman–Crippen MR) is 284 cm³/mol. The first-order valence-corrected chi connectivity index (χ1v) is 23.5. The number of benzene rings is 11. The van der Waals surface area contributed by atoms with Crippen molar-refractivity contribution in [2.75, 3.05) is 9.80 Å². The van der Waals surface area contributed by atoms with Crippen LogP contribution in [0.25, 0.3) is 96.7 Å². The van der Waals surface area contributed by atoms with E-state index in [9.17, 15) is 0 Å². The van der Waals surface area contributed by atoms with Gasteiger partial charge in [0.2, 0.25) is 0 Å². The molecular formula is C62H38N2O2S. The van der Waals surface area contributed by atoms with E-state index in [4.69, 9.17) is 8.83 Å². The Morgan fingerprint density at radius 1 is 0.313 bits per heavy atom. The molecule has 0 radical (unpaired) electrons. The van der Waals surface area contributed by atoms with Gasteiger partial charge in [-0.25, -0.2) is 0 Å². The van der Waals surface area contributed by atoms with E-state index in [2.05, 4.69) is 222 Å². The Kier molecular flexibility index (Phi) is 8.42. The van der Waals surface area contributed by atoms with Crippen molar-refractivity contribution in [3.05, 3.63) is 231 Å². The van der Waals surface area contributed by atoms with Crippen molar-refractivity contribution in [2.45, 2.75) is 0 Å². The molecule has 314 valence electrons. The highest BCUT2D eigenvalue weighted by Crippen LogP contribution is 2.50. The van der Waals surface area contributed by atoms with E-state index < -0.39 is 0 Å². The summed E-state index contributed by atoms with van der Waals surface area (Å²) in [6.07, 6.45) is 0. The molecule has 67 heavy (non-hydrogen) atoms. The van der Waals surface area contributed by atoms with Crippen LogP contribution in [-0.2, 0) is 0 Å². The molecule has 4 nitrogen and oxygen atoms in total. The zero-order valence-electron chi connectivity index (χ0n) is 36.1. The number of hydrogen-bond acceptors (Lipinski definition) is 5. The van der Waals surface area contributed by atoms with Crippen LogP contribution in [0.15, 0.2) is 239 Å². The monoisotopic (exact) mass is 874 g/mol. The Balaban J connectivity index is 0.983. The van der Waals surface area contributed by atoms with Gasteiger partial charge in [0.05, 0.1) is 11.4 Å². The summed E-state index contributed by atoms with van der Waals surface area (Å²) < 4.78 is 15.5. The number of hydrogen-bond donors (Lipinski definition) is 0. The average Bonchev–Trinajstić information content (AvgIpc) is 4.09. The lowest BCUT2D eigenvalue weighted by Crippen LogP contribution is -2.11. The van der Waals surface area contributed by atoms with Gasteiger partial charge in [0.25, 0.3) is 0 Å². The van der Waals surface area contributed by atoms with E-state index in [1.165, 1.54) is 41.7 Å². The first-order valence-electron chi connectivity index (χ1n) is 22.7. The third-order valence-corrected chi connectivity index (χ3v) is 14.6. The molecule has 0 atom stereocenters. The van der Waals surface area contributed by atoms with E-state index in [1.54, 1.807) is 0 Å². The second-order valence-electron chi connectivity index (χ2n) is 17.2. The van der Waals surface area contributed by atoms with Crippen LogP contribution in [0.3, 0.4) is 0 Å². The second-order valence-corrected chi connectivity index (χ2v) is 18.2. The first-order chi connectivity index (χ1) is 33.2. The topological polar surface area (TPSA) is 32.8 Å². The minimum Gasteiger partial charge on any atom is -0.456 e. The van der Waals surface area contributed by atoms with Gasteiger partial charge < -0.3 is 18.6 Å². The van der Waals surface area contributed by atoms with Crippen LogP contribution in [-0.4, -0.2) is 0 Å². The van der Waals surface area contributed by atoms with Crippen LogP contribution in [0, 0.1) is 0 Å². The van der Waals surface area contributed by atoms with Crippen LogP contribution >= 0.6 is 11.3 Å². The molecule has 11 aromatic carbocycles. The smallest absolute Gasteiger partial charge is 0.159 e. The summed E-state index contributed by atoms with van der Waals surface area (Å²) >= 11 is 1.87. The number of anilines is 6. The molecular weight excluding hydrogens is 837 g/mol. The van der Waals surface area contributed by atoms with Gasteiger partial charge in [0.1, 0.15) is 16.7 Å². The third kappa shape index (κ3) is 5.92. The molecule has 0 spiro atoms. The maximum Gasteiger partial charge on any atom is 0.159 e. The van der Waals surface area contributed by atoms with E-state index in [0.717, 1.165) is 89.1 Å². The molecule has 0 N–H and O–H groups in total. The molecule has 0 aliphatic heterocycles.